The molecule has 0 N–H and O–H groups in total. The summed E-state index contributed by atoms with van der Waals surface area (Å²) in [5.41, 5.74) is 1.27. The summed E-state index contributed by atoms with van der Waals surface area (Å²) in [5.74, 6) is 0. The van der Waals surface area contributed by atoms with Crippen LogP contribution in [-0.4, -0.2) is 31.3 Å². The van der Waals surface area contributed by atoms with Gasteiger partial charge in [0, 0.05) is 13.2 Å². The zero-order valence-electron chi connectivity index (χ0n) is 8.09. The lowest BCUT2D eigenvalue weighted by molar-refractivity contribution is 0.334. The zero-order valence-corrected chi connectivity index (χ0v) is 10.4. The molecule has 0 radical (unpaired) electrons. The molecule has 0 aromatic heterocycles. The number of hydrogen-bond donors (Lipinski definition) is 0. The van der Waals surface area contributed by atoms with E-state index >= 15 is 0 Å². The first-order chi connectivity index (χ1) is 5.20. The molecule has 2 nitrogen and oxygen atoms in total. The highest BCUT2D eigenvalue weighted by atomic mass is 28.4. The fraction of sp³-hybridized carbons (Fsp3) is 1.00. The van der Waals surface area contributed by atoms with Gasteiger partial charge >= 0.3 is 0 Å². The Hall–Kier alpha value is 0.354. The van der Waals surface area contributed by atoms with Crippen molar-refractivity contribution in [2.24, 2.45) is 0 Å². The standard InChI is InChI=1S/C7H20O2Si2/c1-5-8-10(3)7-11(4)9-6-2/h10-11H,5-7H2,1-4H3. The van der Waals surface area contributed by atoms with E-state index in [9.17, 15) is 0 Å². The molecule has 0 aliphatic heterocycles. The molecule has 0 heterocycles. The van der Waals surface area contributed by atoms with Crippen LogP contribution < -0.4 is 0 Å². The molecule has 0 saturated carbocycles. The molecule has 68 valence electrons. The van der Waals surface area contributed by atoms with Crippen molar-refractivity contribution in [2.75, 3.05) is 13.2 Å². The van der Waals surface area contributed by atoms with E-state index in [0.717, 1.165) is 13.2 Å². The lowest BCUT2D eigenvalue weighted by Crippen LogP contribution is -2.24. The summed E-state index contributed by atoms with van der Waals surface area (Å²) in [6.45, 7) is 10.4. The van der Waals surface area contributed by atoms with Crippen molar-refractivity contribution in [3.8, 4) is 0 Å². The Balaban J connectivity index is 3.32. The van der Waals surface area contributed by atoms with Crippen LogP contribution >= 0.6 is 0 Å². The van der Waals surface area contributed by atoms with Crippen LogP contribution in [0.5, 0.6) is 0 Å². The van der Waals surface area contributed by atoms with E-state index < -0.39 is 18.1 Å². The summed E-state index contributed by atoms with van der Waals surface area (Å²) in [7, 11) is -1.71. The molecule has 11 heavy (non-hydrogen) atoms. The second-order valence-electron chi connectivity index (χ2n) is 2.77. The summed E-state index contributed by atoms with van der Waals surface area (Å²) >= 11 is 0. The van der Waals surface area contributed by atoms with Crippen LogP contribution in [0.25, 0.3) is 0 Å². The van der Waals surface area contributed by atoms with Crippen LogP contribution in [0.15, 0.2) is 0 Å². The largest absolute Gasteiger partial charge is 0.421 e. The Bertz CT molecular complexity index is 80.5. The highest BCUT2D eigenvalue weighted by Gasteiger charge is 2.11. The third kappa shape index (κ3) is 6.74. The first-order valence-corrected chi connectivity index (χ1v) is 9.32. The zero-order chi connectivity index (χ0) is 8.69. The molecule has 0 saturated heterocycles. The van der Waals surface area contributed by atoms with Crippen LogP contribution in [-0.2, 0) is 8.85 Å². The van der Waals surface area contributed by atoms with Gasteiger partial charge in [-0.1, -0.05) is 0 Å². The van der Waals surface area contributed by atoms with Gasteiger partial charge in [0.25, 0.3) is 0 Å². The third-order valence-corrected chi connectivity index (χ3v) is 8.68. The van der Waals surface area contributed by atoms with Gasteiger partial charge in [-0.15, -0.1) is 0 Å². The Morgan fingerprint density at radius 1 is 0.909 bits per heavy atom. The van der Waals surface area contributed by atoms with Crippen LogP contribution in [0.3, 0.4) is 0 Å². The van der Waals surface area contributed by atoms with Crippen LogP contribution in [0.4, 0.5) is 0 Å². The minimum absolute atomic E-state index is 0.855. The second-order valence-corrected chi connectivity index (χ2v) is 8.56. The lowest BCUT2D eigenvalue weighted by atomic mass is 10.9. The summed E-state index contributed by atoms with van der Waals surface area (Å²) < 4.78 is 11.1. The average molecular weight is 192 g/mol. The van der Waals surface area contributed by atoms with Gasteiger partial charge in [0.05, 0.1) is 0 Å². The van der Waals surface area contributed by atoms with Gasteiger partial charge in [-0.3, -0.25) is 0 Å². The highest BCUT2D eigenvalue weighted by molar-refractivity contribution is 6.69. The minimum atomic E-state index is -0.855. The molecular formula is C7H20O2Si2. The van der Waals surface area contributed by atoms with E-state index in [2.05, 4.69) is 26.9 Å². The van der Waals surface area contributed by atoms with Gasteiger partial charge in [-0.2, -0.15) is 0 Å². The van der Waals surface area contributed by atoms with E-state index in [4.69, 9.17) is 8.85 Å². The van der Waals surface area contributed by atoms with Crippen molar-refractivity contribution < 1.29 is 8.85 Å². The Morgan fingerprint density at radius 2 is 1.27 bits per heavy atom. The van der Waals surface area contributed by atoms with Gasteiger partial charge < -0.3 is 8.85 Å². The molecule has 0 aliphatic carbocycles. The quantitative estimate of drug-likeness (QED) is 0.591. The molecule has 4 heteroatoms. The van der Waals surface area contributed by atoms with Gasteiger partial charge in [-0.25, -0.2) is 0 Å². The van der Waals surface area contributed by atoms with Crippen LogP contribution in [0, 0.1) is 0 Å². The van der Waals surface area contributed by atoms with E-state index in [-0.39, 0.29) is 0 Å². The predicted molar refractivity (Wildman–Crippen MR) is 54.1 cm³/mol. The molecule has 0 fully saturated rings. The molecule has 0 aromatic rings. The van der Waals surface area contributed by atoms with Gasteiger partial charge in [0.1, 0.15) is 0 Å². The Morgan fingerprint density at radius 3 is 1.55 bits per heavy atom. The maximum Gasteiger partial charge on any atom is 0.173 e. The van der Waals surface area contributed by atoms with Crippen LogP contribution in [0.2, 0.25) is 18.8 Å². The van der Waals surface area contributed by atoms with Crippen molar-refractivity contribution in [1.29, 1.82) is 0 Å². The maximum absolute atomic E-state index is 5.55. The van der Waals surface area contributed by atoms with E-state index in [1.807, 2.05) is 0 Å². The van der Waals surface area contributed by atoms with Gasteiger partial charge in [0.2, 0.25) is 0 Å². The van der Waals surface area contributed by atoms with E-state index in [1.165, 1.54) is 5.67 Å². The number of rotatable bonds is 6. The fourth-order valence-electron chi connectivity index (χ4n) is 1.17. The summed E-state index contributed by atoms with van der Waals surface area (Å²) in [6, 6.07) is 0. The van der Waals surface area contributed by atoms with Crippen molar-refractivity contribution in [3.05, 3.63) is 0 Å². The topological polar surface area (TPSA) is 18.5 Å². The summed E-state index contributed by atoms with van der Waals surface area (Å²) in [6.07, 6.45) is 0. The van der Waals surface area contributed by atoms with Crippen molar-refractivity contribution >= 4 is 18.1 Å². The molecular weight excluding hydrogens is 172 g/mol. The molecule has 2 atom stereocenters. The first kappa shape index (κ1) is 11.4. The second kappa shape index (κ2) is 7.03. The minimum Gasteiger partial charge on any atom is -0.421 e. The first-order valence-electron chi connectivity index (χ1n) is 4.43. The maximum atomic E-state index is 5.55. The van der Waals surface area contributed by atoms with Crippen LogP contribution in [0.1, 0.15) is 13.8 Å². The Kier molecular flexibility index (Phi) is 7.25. The SMILES string of the molecule is CCO[SiH](C)C[SiH](C)OCC. The molecule has 0 bridgehead atoms. The summed E-state index contributed by atoms with van der Waals surface area (Å²) in [4.78, 5) is 0. The van der Waals surface area contributed by atoms with E-state index in [1.54, 1.807) is 0 Å². The molecule has 0 aliphatic rings. The molecule has 0 amide bonds. The van der Waals surface area contributed by atoms with Gasteiger partial charge in [0.15, 0.2) is 18.1 Å². The molecule has 0 spiro atoms. The van der Waals surface area contributed by atoms with Crippen molar-refractivity contribution in [3.63, 3.8) is 0 Å². The Labute approximate surface area is 73.4 Å². The molecule has 0 rings (SSSR count). The van der Waals surface area contributed by atoms with Crippen molar-refractivity contribution in [1.82, 2.24) is 0 Å². The summed E-state index contributed by atoms with van der Waals surface area (Å²) in [5, 5.41) is 0. The van der Waals surface area contributed by atoms with Gasteiger partial charge in [-0.05, 0) is 32.6 Å². The average Bonchev–Trinajstić information content (AvgIpc) is 1.87. The normalized spacial score (nSPS) is 16.4. The number of hydrogen-bond acceptors (Lipinski definition) is 2. The monoisotopic (exact) mass is 192 g/mol. The smallest absolute Gasteiger partial charge is 0.173 e. The lowest BCUT2D eigenvalue weighted by Gasteiger charge is -2.14. The highest BCUT2D eigenvalue weighted by Crippen LogP contribution is 2.00. The van der Waals surface area contributed by atoms with Crippen molar-refractivity contribution in [2.45, 2.75) is 32.6 Å². The molecule has 0 aromatic carbocycles. The molecule has 2 unspecified atom stereocenters. The predicted octanol–water partition coefficient (Wildman–Crippen LogP) is 1.31. The third-order valence-electron chi connectivity index (χ3n) is 1.57. The van der Waals surface area contributed by atoms with E-state index in [0.29, 0.717) is 0 Å². The fourth-order valence-corrected chi connectivity index (χ4v) is 7.14.